The molecule has 0 saturated heterocycles. The largest absolute Gasteiger partial charge is 0.372 e. The first-order chi connectivity index (χ1) is 9.15. The van der Waals surface area contributed by atoms with Gasteiger partial charge in [0.15, 0.2) is 0 Å². The highest BCUT2D eigenvalue weighted by molar-refractivity contribution is 6.10. The number of hydrogen-bond acceptors (Lipinski definition) is 5. The second-order valence-corrected chi connectivity index (χ2v) is 3.97. The summed E-state index contributed by atoms with van der Waals surface area (Å²) < 4.78 is 0. The first-order valence-corrected chi connectivity index (χ1v) is 6.15. The van der Waals surface area contributed by atoms with Crippen molar-refractivity contribution in [2.75, 3.05) is 23.4 Å². The molecule has 0 spiro atoms. The molecule has 0 aliphatic heterocycles. The van der Waals surface area contributed by atoms with E-state index in [4.69, 9.17) is 10.5 Å². The van der Waals surface area contributed by atoms with Crippen LogP contribution < -0.4 is 10.3 Å². The molecule has 0 unspecified atom stereocenters. The van der Waals surface area contributed by atoms with Gasteiger partial charge >= 0.3 is 0 Å². The number of benzene rings is 1. The molecule has 0 fully saturated rings. The molecule has 98 valence electrons. The monoisotopic (exact) mass is 255 g/mol. The summed E-state index contributed by atoms with van der Waals surface area (Å²) in [5.74, 6) is 0. The first-order valence-electron chi connectivity index (χ1n) is 6.15. The Labute approximate surface area is 113 Å². The molecular weight excluding hydrogens is 238 g/mol. The van der Waals surface area contributed by atoms with Crippen LogP contribution >= 0.6 is 0 Å². The number of rotatable bonds is 5. The third-order valence-corrected chi connectivity index (χ3v) is 2.84. The molecular formula is C14H17N5. The van der Waals surface area contributed by atoms with Crippen LogP contribution in [0.1, 0.15) is 19.4 Å². The van der Waals surface area contributed by atoms with Gasteiger partial charge < -0.3 is 4.90 Å². The summed E-state index contributed by atoms with van der Waals surface area (Å²) in [7, 11) is 0. The van der Waals surface area contributed by atoms with Crippen molar-refractivity contribution in [3.8, 4) is 12.1 Å². The molecule has 1 aromatic carbocycles. The zero-order chi connectivity index (χ0) is 14.3. The Hall–Kier alpha value is -2.53. The lowest BCUT2D eigenvalue weighted by Gasteiger charge is -2.22. The van der Waals surface area contributed by atoms with Crippen molar-refractivity contribution in [2.45, 2.75) is 20.8 Å². The Morgan fingerprint density at radius 1 is 1.26 bits per heavy atom. The summed E-state index contributed by atoms with van der Waals surface area (Å²) in [5, 5.41) is 20.9. The van der Waals surface area contributed by atoms with E-state index in [0.717, 1.165) is 30.0 Å². The molecule has 0 amide bonds. The van der Waals surface area contributed by atoms with Gasteiger partial charge in [-0.2, -0.15) is 15.6 Å². The minimum atomic E-state index is -0.188. The Balaban J connectivity index is 2.93. The molecule has 0 aliphatic rings. The Morgan fingerprint density at radius 2 is 1.89 bits per heavy atom. The molecule has 5 nitrogen and oxygen atoms in total. The normalized spacial score (nSPS) is 9.11. The van der Waals surface area contributed by atoms with Crippen molar-refractivity contribution in [1.29, 1.82) is 10.5 Å². The molecule has 1 aromatic rings. The molecule has 0 atom stereocenters. The Bertz CT molecular complexity index is 528. The number of aryl methyl sites for hydroxylation is 1. The average Bonchev–Trinajstić information content (AvgIpc) is 2.43. The van der Waals surface area contributed by atoms with Gasteiger partial charge in [-0.05, 0) is 44.5 Å². The molecule has 0 aromatic heterocycles. The second kappa shape index (κ2) is 7.03. The molecule has 19 heavy (non-hydrogen) atoms. The number of hydrogen-bond donors (Lipinski definition) is 1. The number of nitrogens with one attached hydrogen (secondary N) is 1. The van der Waals surface area contributed by atoms with Gasteiger partial charge in [0, 0.05) is 18.8 Å². The molecule has 1 rings (SSSR count). The van der Waals surface area contributed by atoms with Gasteiger partial charge in [0.05, 0.1) is 5.69 Å². The van der Waals surface area contributed by atoms with Crippen LogP contribution in [0.25, 0.3) is 0 Å². The highest BCUT2D eigenvalue weighted by atomic mass is 15.3. The van der Waals surface area contributed by atoms with Crippen LogP contribution in [0.2, 0.25) is 0 Å². The van der Waals surface area contributed by atoms with E-state index in [-0.39, 0.29) is 5.71 Å². The summed E-state index contributed by atoms with van der Waals surface area (Å²) in [6.07, 6.45) is 0. The molecule has 0 saturated carbocycles. The number of nitriles is 2. The fourth-order valence-electron chi connectivity index (χ4n) is 1.75. The van der Waals surface area contributed by atoms with Crippen LogP contribution in [-0.2, 0) is 0 Å². The van der Waals surface area contributed by atoms with Gasteiger partial charge in [0.2, 0.25) is 5.71 Å². The standard InChI is InChI=1S/C14H17N5/c1-4-19(5-2)13-6-7-14(11(3)8-13)18-17-12(9-15)10-16/h6-8,18H,4-5H2,1-3H3. The van der Waals surface area contributed by atoms with Crippen LogP contribution in [0, 0.1) is 29.6 Å². The number of anilines is 2. The smallest absolute Gasteiger partial charge is 0.237 e. The lowest BCUT2D eigenvalue weighted by Crippen LogP contribution is -2.21. The Morgan fingerprint density at radius 3 is 2.37 bits per heavy atom. The third kappa shape index (κ3) is 3.72. The van der Waals surface area contributed by atoms with E-state index < -0.39 is 0 Å². The zero-order valence-electron chi connectivity index (χ0n) is 11.4. The van der Waals surface area contributed by atoms with Gasteiger partial charge in [-0.25, -0.2) is 0 Å². The summed E-state index contributed by atoms with van der Waals surface area (Å²) >= 11 is 0. The van der Waals surface area contributed by atoms with E-state index in [9.17, 15) is 0 Å². The average molecular weight is 255 g/mol. The minimum absolute atomic E-state index is 0.188. The SMILES string of the molecule is CCN(CC)c1ccc(NN=C(C#N)C#N)c(C)c1. The van der Waals surface area contributed by atoms with Crippen LogP contribution in [0.15, 0.2) is 23.3 Å². The highest BCUT2D eigenvalue weighted by Crippen LogP contribution is 2.22. The van der Waals surface area contributed by atoms with Crippen molar-refractivity contribution in [3.63, 3.8) is 0 Å². The maximum absolute atomic E-state index is 8.60. The molecule has 0 aliphatic carbocycles. The fraction of sp³-hybridized carbons (Fsp3) is 0.357. The minimum Gasteiger partial charge on any atom is -0.372 e. The van der Waals surface area contributed by atoms with Crippen LogP contribution in [0.4, 0.5) is 11.4 Å². The predicted octanol–water partition coefficient (Wildman–Crippen LogP) is 2.66. The topological polar surface area (TPSA) is 75.2 Å². The first kappa shape index (κ1) is 14.5. The van der Waals surface area contributed by atoms with Gasteiger partial charge in [0.25, 0.3) is 0 Å². The van der Waals surface area contributed by atoms with E-state index in [1.165, 1.54) is 0 Å². The molecule has 0 radical (unpaired) electrons. The van der Waals surface area contributed by atoms with E-state index in [1.54, 1.807) is 12.1 Å². The molecule has 0 heterocycles. The van der Waals surface area contributed by atoms with Gasteiger partial charge in [-0.1, -0.05) is 0 Å². The lowest BCUT2D eigenvalue weighted by atomic mass is 10.1. The highest BCUT2D eigenvalue weighted by Gasteiger charge is 2.04. The number of nitrogens with zero attached hydrogens (tertiary/aromatic N) is 4. The van der Waals surface area contributed by atoms with E-state index in [0.29, 0.717) is 0 Å². The van der Waals surface area contributed by atoms with Crippen molar-refractivity contribution < 1.29 is 0 Å². The summed E-state index contributed by atoms with van der Waals surface area (Å²) in [4.78, 5) is 2.25. The summed E-state index contributed by atoms with van der Waals surface area (Å²) in [6.45, 7) is 8.09. The fourth-order valence-corrected chi connectivity index (χ4v) is 1.75. The predicted molar refractivity (Wildman–Crippen MR) is 77.0 cm³/mol. The summed E-state index contributed by atoms with van der Waals surface area (Å²) in [5.41, 5.74) is 5.51. The van der Waals surface area contributed by atoms with Crippen LogP contribution in [-0.4, -0.2) is 18.8 Å². The van der Waals surface area contributed by atoms with Crippen molar-refractivity contribution in [2.24, 2.45) is 5.10 Å². The summed E-state index contributed by atoms with van der Waals surface area (Å²) in [6, 6.07) is 9.37. The van der Waals surface area contributed by atoms with E-state index >= 15 is 0 Å². The van der Waals surface area contributed by atoms with Gasteiger partial charge in [0.1, 0.15) is 12.1 Å². The quantitative estimate of drug-likeness (QED) is 0.648. The zero-order valence-corrected chi connectivity index (χ0v) is 11.4. The third-order valence-electron chi connectivity index (χ3n) is 2.84. The Kier molecular flexibility index (Phi) is 5.37. The van der Waals surface area contributed by atoms with E-state index in [2.05, 4.69) is 35.3 Å². The molecule has 0 bridgehead atoms. The van der Waals surface area contributed by atoms with Crippen molar-refractivity contribution in [1.82, 2.24) is 0 Å². The van der Waals surface area contributed by atoms with E-state index in [1.807, 2.05) is 19.1 Å². The molecule has 5 heteroatoms. The lowest BCUT2D eigenvalue weighted by molar-refractivity contribution is 0.865. The van der Waals surface area contributed by atoms with Crippen molar-refractivity contribution >= 4 is 17.1 Å². The maximum atomic E-state index is 8.60. The van der Waals surface area contributed by atoms with Crippen LogP contribution in [0.5, 0.6) is 0 Å². The van der Waals surface area contributed by atoms with Gasteiger partial charge in [-0.3, -0.25) is 5.43 Å². The number of hydrazone groups is 1. The second-order valence-electron chi connectivity index (χ2n) is 3.97. The maximum Gasteiger partial charge on any atom is 0.237 e. The van der Waals surface area contributed by atoms with Crippen molar-refractivity contribution in [3.05, 3.63) is 23.8 Å². The van der Waals surface area contributed by atoms with Crippen LogP contribution in [0.3, 0.4) is 0 Å². The molecule has 1 N–H and O–H groups in total. The van der Waals surface area contributed by atoms with Gasteiger partial charge in [-0.15, -0.1) is 0 Å².